The van der Waals surface area contributed by atoms with Gasteiger partial charge in [-0.05, 0) is 75.6 Å². The van der Waals surface area contributed by atoms with E-state index >= 15 is 0 Å². The van der Waals surface area contributed by atoms with Crippen molar-refractivity contribution in [1.82, 2.24) is 19.9 Å². The van der Waals surface area contributed by atoms with Crippen LogP contribution in [0.1, 0.15) is 17.3 Å². The van der Waals surface area contributed by atoms with E-state index in [9.17, 15) is 0 Å². The van der Waals surface area contributed by atoms with Gasteiger partial charge in [-0.15, -0.1) is 0 Å². The van der Waals surface area contributed by atoms with Crippen LogP contribution in [0.15, 0.2) is 158 Å². The average Bonchev–Trinajstić information content (AvgIpc) is 3.46. The highest BCUT2D eigenvalue weighted by molar-refractivity contribution is 6.09. The summed E-state index contributed by atoms with van der Waals surface area (Å²) in [4.78, 5) is 9.54. The fourth-order valence-corrected chi connectivity index (χ4v) is 6.74. The van der Waals surface area contributed by atoms with Gasteiger partial charge in [-0.1, -0.05) is 97.1 Å². The molecule has 0 saturated carbocycles. The number of dihydropyridines is 1. The third-order valence-corrected chi connectivity index (χ3v) is 8.90. The molecular weight excluding hydrogens is 548 g/mol. The lowest BCUT2D eigenvalue weighted by atomic mass is 9.99. The Morgan fingerprint density at radius 3 is 2.40 bits per heavy atom. The van der Waals surface area contributed by atoms with E-state index in [4.69, 9.17) is 4.98 Å². The number of fused-ring (bicyclic) bond motifs is 6. The highest BCUT2D eigenvalue weighted by Crippen LogP contribution is 2.33. The Bertz CT molecular complexity index is 2430. The van der Waals surface area contributed by atoms with Crippen LogP contribution in [0.3, 0.4) is 0 Å². The summed E-state index contributed by atoms with van der Waals surface area (Å²) < 4.78 is 2.32. The smallest absolute Gasteiger partial charge is 0.0873 e. The summed E-state index contributed by atoms with van der Waals surface area (Å²) in [5.41, 5.74) is 8.69. The number of nitrogens with one attached hydrogen (secondary N) is 1. The number of hydrogen-bond acceptors (Lipinski definition) is 3. The van der Waals surface area contributed by atoms with Crippen molar-refractivity contribution in [2.24, 2.45) is 0 Å². The molecule has 0 radical (unpaired) electrons. The molecule has 0 aliphatic carbocycles. The minimum absolute atomic E-state index is 0.0441. The van der Waals surface area contributed by atoms with Crippen molar-refractivity contribution < 1.29 is 0 Å². The van der Waals surface area contributed by atoms with Gasteiger partial charge in [0.25, 0.3) is 0 Å². The van der Waals surface area contributed by atoms with Crippen LogP contribution < -0.4 is 5.32 Å². The van der Waals surface area contributed by atoms with Gasteiger partial charge < -0.3 is 9.88 Å². The lowest BCUT2D eigenvalue weighted by Crippen LogP contribution is -2.21. The second kappa shape index (κ2) is 10.3. The van der Waals surface area contributed by atoms with Gasteiger partial charge in [0.2, 0.25) is 0 Å². The third-order valence-electron chi connectivity index (χ3n) is 8.90. The zero-order chi connectivity index (χ0) is 29.7. The minimum Gasteiger partial charge on any atom is -0.373 e. The van der Waals surface area contributed by atoms with Crippen molar-refractivity contribution in [1.29, 1.82) is 0 Å². The second-order valence-electron chi connectivity index (χ2n) is 11.6. The molecule has 1 aliphatic rings. The van der Waals surface area contributed by atoms with E-state index in [0.29, 0.717) is 0 Å². The first-order chi connectivity index (χ1) is 22.3. The first-order valence-electron chi connectivity index (χ1n) is 15.3. The molecule has 1 atom stereocenters. The van der Waals surface area contributed by atoms with Crippen molar-refractivity contribution in [3.05, 3.63) is 169 Å². The summed E-state index contributed by atoms with van der Waals surface area (Å²) in [5, 5.41) is 11.1. The molecule has 212 valence electrons. The van der Waals surface area contributed by atoms with Gasteiger partial charge in [0.15, 0.2) is 0 Å². The Hall–Kier alpha value is -6.00. The number of pyridine rings is 2. The monoisotopic (exact) mass is 576 g/mol. The maximum absolute atomic E-state index is 5.14. The van der Waals surface area contributed by atoms with Gasteiger partial charge in [-0.2, -0.15) is 0 Å². The van der Waals surface area contributed by atoms with Gasteiger partial charge in [-0.25, -0.2) is 0 Å². The van der Waals surface area contributed by atoms with Crippen molar-refractivity contribution in [3.63, 3.8) is 0 Å². The van der Waals surface area contributed by atoms with E-state index in [-0.39, 0.29) is 6.04 Å². The molecular formula is C41H28N4. The molecule has 45 heavy (non-hydrogen) atoms. The van der Waals surface area contributed by atoms with E-state index in [2.05, 4.69) is 160 Å². The van der Waals surface area contributed by atoms with Gasteiger partial charge in [0, 0.05) is 40.1 Å². The summed E-state index contributed by atoms with van der Waals surface area (Å²) in [7, 11) is 0. The standard InChI is InChI=1S/C41H28N4/c1-2-11-32-27(8-1)18-19-28-24-30(20-21-33(28)32)37-14-7-16-39(44-37)38-15-6-13-36(43-38)29-9-5-10-31(25-29)45-40-17-4-3-12-34(40)35-26-42-23-22-41(35)45/h1-26,38,43H. The van der Waals surface area contributed by atoms with E-state index in [1.807, 2.05) is 12.4 Å². The molecule has 1 aliphatic heterocycles. The van der Waals surface area contributed by atoms with Crippen LogP contribution >= 0.6 is 0 Å². The van der Waals surface area contributed by atoms with Crippen molar-refractivity contribution >= 4 is 49.0 Å². The van der Waals surface area contributed by atoms with E-state index < -0.39 is 0 Å². The zero-order valence-electron chi connectivity index (χ0n) is 24.4. The number of hydrogen-bond donors (Lipinski definition) is 1. The molecule has 8 aromatic rings. The number of nitrogens with zero attached hydrogens (tertiary/aromatic N) is 3. The van der Waals surface area contributed by atoms with Crippen LogP contribution in [-0.2, 0) is 0 Å². The SMILES string of the molecule is C1=CC(c2cccc(-c3ccc4c(ccc5ccccc54)c3)n2)NC(c2cccc(-n3c4ccccc4c4cnccc43)c2)=C1. The lowest BCUT2D eigenvalue weighted by molar-refractivity contribution is 0.737. The highest BCUT2D eigenvalue weighted by atomic mass is 15.0. The van der Waals surface area contributed by atoms with Gasteiger partial charge in [0.1, 0.15) is 0 Å². The molecule has 0 saturated heterocycles. The predicted octanol–water partition coefficient (Wildman–Crippen LogP) is 9.79. The first-order valence-corrected chi connectivity index (χ1v) is 15.3. The molecule has 4 heteroatoms. The maximum atomic E-state index is 5.14. The summed E-state index contributed by atoms with van der Waals surface area (Å²) in [6.07, 6.45) is 10.3. The Morgan fingerprint density at radius 2 is 1.42 bits per heavy atom. The molecule has 1 N–H and O–H groups in total. The number of aromatic nitrogens is 3. The normalized spacial score (nSPS) is 14.7. The van der Waals surface area contributed by atoms with Gasteiger partial charge >= 0.3 is 0 Å². The molecule has 0 spiro atoms. The van der Waals surface area contributed by atoms with Gasteiger partial charge in [0.05, 0.1) is 28.5 Å². The van der Waals surface area contributed by atoms with Crippen molar-refractivity contribution in [2.45, 2.75) is 6.04 Å². The van der Waals surface area contributed by atoms with Crippen LogP contribution in [0.2, 0.25) is 0 Å². The molecule has 1 unspecified atom stereocenters. The largest absolute Gasteiger partial charge is 0.373 e. The van der Waals surface area contributed by atoms with Gasteiger partial charge in [-0.3, -0.25) is 9.97 Å². The maximum Gasteiger partial charge on any atom is 0.0873 e. The third kappa shape index (κ3) is 4.30. The number of allylic oxidation sites excluding steroid dienone is 2. The second-order valence-corrected chi connectivity index (χ2v) is 11.6. The van der Waals surface area contributed by atoms with Crippen molar-refractivity contribution in [3.8, 4) is 16.9 Å². The van der Waals surface area contributed by atoms with Crippen LogP contribution in [0.25, 0.3) is 66.0 Å². The molecule has 0 bridgehead atoms. The summed E-state index contributed by atoms with van der Waals surface area (Å²) in [6, 6.07) is 45.2. The minimum atomic E-state index is -0.0441. The zero-order valence-corrected chi connectivity index (χ0v) is 24.4. The summed E-state index contributed by atoms with van der Waals surface area (Å²) in [6.45, 7) is 0. The number of rotatable bonds is 4. The Morgan fingerprint density at radius 1 is 0.600 bits per heavy atom. The average molecular weight is 577 g/mol. The molecule has 5 aromatic carbocycles. The Labute approximate surface area is 260 Å². The van der Waals surface area contributed by atoms with Crippen LogP contribution in [-0.4, -0.2) is 14.5 Å². The topological polar surface area (TPSA) is 42.7 Å². The first kappa shape index (κ1) is 25.5. The molecule has 4 heterocycles. The van der Waals surface area contributed by atoms with Crippen LogP contribution in [0, 0.1) is 0 Å². The summed E-state index contributed by atoms with van der Waals surface area (Å²) >= 11 is 0. The van der Waals surface area contributed by atoms with Crippen molar-refractivity contribution in [2.75, 3.05) is 0 Å². The van der Waals surface area contributed by atoms with Crippen LogP contribution in [0.4, 0.5) is 0 Å². The van der Waals surface area contributed by atoms with E-state index in [1.54, 1.807) is 0 Å². The summed E-state index contributed by atoms with van der Waals surface area (Å²) in [5.74, 6) is 0. The molecule has 3 aromatic heterocycles. The van der Waals surface area contributed by atoms with E-state index in [0.717, 1.165) is 44.8 Å². The molecule has 4 nitrogen and oxygen atoms in total. The Kier molecular flexibility index (Phi) is 5.85. The van der Waals surface area contributed by atoms with E-state index in [1.165, 1.54) is 32.4 Å². The number of para-hydroxylation sites is 1. The fourth-order valence-electron chi connectivity index (χ4n) is 6.74. The predicted molar refractivity (Wildman–Crippen MR) is 186 cm³/mol. The molecule has 0 amide bonds. The Balaban J connectivity index is 1.04. The molecule has 0 fully saturated rings. The highest BCUT2D eigenvalue weighted by Gasteiger charge is 2.17. The van der Waals surface area contributed by atoms with Crippen LogP contribution in [0.5, 0.6) is 0 Å². The number of benzene rings is 5. The fraction of sp³-hybridized carbons (Fsp3) is 0.0244. The lowest BCUT2D eigenvalue weighted by Gasteiger charge is -2.22. The molecule has 9 rings (SSSR count). The quantitative estimate of drug-likeness (QED) is 0.212.